The van der Waals surface area contributed by atoms with E-state index in [1.165, 1.54) is 0 Å². The minimum absolute atomic E-state index is 0.0725. The Balaban J connectivity index is 2.27. The molecule has 2 N–H and O–H groups in total. The van der Waals surface area contributed by atoms with Gasteiger partial charge < -0.3 is 15.3 Å². The molecule has 1 rings (SSSR count). The third-order valence-electron chi connectivity index (χ3n) is 2.37. The van der Waals surface area contributed by atoms with E-state index in [0.29, 0.717) is 19.6 Å². The van der Waals surface area contributed by atoms with Crippen LogP contribution in [0.25, 0.3) is 0 Å². The maximum absolute atomic E-state index is 11.3. The lowest BCUT2D eigenvalue weighted by Crippen LogP contribution is -2.64. The van der Waals surface area contributed by atoms with E-state index in [1.54, 1.807) is 11.9 Å². The van der Waals surface area contributed by atoms with Crippen molar-refractivity contribution in [3.63, 3.8) is 0 Å². The molecule has 13 heavy (non-hydrogen) atoms. The number of aliphatic hydroxyl groups is 1. The molecule has 1 saturated heterocycles. The van der Waals surface area contributed by atoms with Gasteiger partial charge in [-0.25, -0.2) is 0 Å². The van der Waals surface area contributed by atoms with Gasteiger partial charge in [-0.2, -0.15) is 0 Å². The predicted molar refractivity (Wildman–Crippen MR) is 50.4 cm³/mol. The zero-order valence-electron chi connectivity index (χ0n) is 8.34. The second-order valence-electron chi connectivity index (χ2n) is 3.75. The first kappa shape index (κ1) is 10.5. The summed E-state index contributed by atoms with van der Waals surface area (Å²) in [6.07, 6.45) is 1.75. The third kappa shape index (κ3) is 2.42. The van der Waals surface area contributed by atoms with Gasteiger partial charge >= 0.3 is 0 Å². The highest BCUT2D eigenvalue weighted by atomic mass is 16.3. The molecule has 76 valence electrons. The molecule has 0 aromatic heterocycles. The Hall–Kier alpha value is -0.610. The van der Waals surface area contributed by atoms with Gasteiger partial charge in [0.05, 0.1) is 25.2 Å². The van der Waals surface area contributed by atoms with E-state index in [9.17, 15) is 9.90 Å². The Morgan fingerprint density at radius 1 is 1.62 bits per heavy atom. The van der Waals surface area contributed by atoms with Crippen molar-refractivity contribution in [1.29, 1.82) is 0 Å². The molecule has 0 aromatic carbocycles. The molecular formula is C9H18N2O2. The number of rotatable bonds is 4. The summed E-state index contributed by atoms with van der Waals surface area (Å²) in [6, 6.07) is 0. The predicted octanol–water partition coefficient (Wildman–Crippen LogP) is -0.421. The number of likely N-dealkylation sites (tertiary alicyclic amines) is 1. The quantitative estimate of drug-likeness (QED) is 0.627. The molecule has 0 saturated carbocycles. The Bertz CT molecular complexity index is 188. The first-order valence-corrected chi connectivity index (χ1v) is 4.76. The molecule has 0 spiro atoms. The highest BCUT2D eigenvalue weighted by Crippen LogP contribution is 2.25. The largest absolute Gasteiger partial charge is 0.386 e. The van der Waals surface area contributed by atoms with E-state index in [2.05, 4.69) is 5.32 Å². The third-order valence-corrected chi connectivity index (χ3v) is 2.37. The molecule has 1 aliphatic heterocycles. The summed E-state index contributed by atoms with van der Waals surface area (Å²) in [5.74, 6) is 0.0725. The molecule has 0 atom stereocenters. The van der Waals surface area contributed by atoms with Crippen LogP contribution in [0.15, 0.2) is 0 Å². The van der Waals surface area contributed by atoms with Gasteiger partial charge in [-0.15, -0.1) is 0 Å². The summed E-state index contributed by atoms with van der Waals surface area (Å²) < 4.78 is 0. The Morgan fingerprint density at radius 2 is 2.23 bits per heavy atom. The maximum Gasteiger partial charge on any atom is 0.236 e. The van der Waals surface area contributed by atoms with Gasteiger partial charge in [0.25, 0.3) is 0 Å². The van der Waals surface area contributed by atoms with E-state index in [-0.39, 0.29) is 5.91 Å². The minimum Gasteiger partial charge on any atom is -0.386 e. The summed E-state index contributed by atoms with van der Waals surface area (Å²) in [4.78, 5) is 13.0. The lowest BCUT2D eigenvalue weighted by Gasteiger charge is -2.46. The van der Waals surface area contributed by atoms with Crippen molar-refractivity contribution in [2.24, 2.45) is 0 Å². The first-order valence-electron chi connectivity index (χ1n) is 4.76. The number of hydrogen-bond donors (Lipinski definition) is 2. The van der Waals surface area contributed by atoms with Crippen LogP contribution in [0.5, 0.6) is 0 Å². The topological polar surface area (TPSA) is 52.6 Å². The van der Waals surface area contributed by atoms with Crippen molar-refractivity contribution in [1.82, 2.24) is 10.2 Å². The van der Waals surface area contributed by atoms with Gasteiger partial charge in [0, 0.05) is 0 Å². The van der Waals surface area contributed by atoms with Gasteiger partial charge in [-0.3, -0.25) is 4.79 Å². The smallest absolute Gasteiger partial charge is 0.236 e. The molecule has 4 nitrogen and oxygen atoms in total. The summed E-state index contributed by atoms with van der Waals surface area (Å²) in [5, 5.41) is 12.6. The van der Waals surface area contributed by atoms with Crippen LogP contribution in [0.3, 0.4) is 0 Å². The van der Waals surface area contributed by atoms with E-state index < -0.39 is 5.60 Å². The lowest BCUT2D eigenvalue weighted by atomic mass is 9.89. The zero-order chi connectivity index (χ0) is 9.90. The number of nitrogens with zero attached hydrogens (tertiary/aromatic N) is 1. The van der Waals surface area contributed by atoms with Crippen LogP contribution in [-0.4, -0.2) is 48.2 Å². The Labute approximate surface area is 78.9 Å². The van der Waals surface area contributed by atoms with Gasteiger partial charge in [0.15, 0.2) is 0 Å². The van der Waals surface area contributed by atoms with Crippen LogP contribution in [0.4, 0.5) is 0 Å². The number of hydrogen-bond acceptors (Lipinski definition) is 3. The van der Waals surface area contributed by atoms with Gasteiger partial charge in [-0.05, 0) is 13.5 Å². The van der Waals surface area contributed by atoms with E-state index >= 15 is 0 Å². The molecular weight excluding hydrogens is 168 g/mol. The number of nitrogens with one attached hydrogen (secondary N) is 1. The monoisotopic (exact) mass is 186 g/mol. The second kappa shape index (κ2) is 4.07. The van der Waals surface area contributed by atoms with Crippen molar-refractivity contribution < 1.29 is 9.90 Å². The van der Waals surface area contributed by atoms with Gasteiger partial charge in [-0.1, -0.05) is 13.3 Å². The zero-order valence-corrected chi connectivity index (χ0v) is 8.34. The number of carbonyl (C=O) groups is 1. The number of carbonyl (C=O) groups excluding carboxylic acids is 1. The van der Waals surface area contributed by atoms with E-state index in [4.69, 9.17) is 0 Å². The normalized spacial score (nSPS) is 19.8. The molecule has 0 unspecified atom stereocenters. The van der Waals surface area contributed by atoms with E-state index in [0.717, 1.165) is 12.8 Å². The van der Waals surface area contributed by atoms with Crippen LogP contribution in [-0.2, 0) is 4.79 Å². The molecule has 1 amide bonds. The molecule has 1 fully saturated rings. The average Bonchev–Trinajstić information content (AvgIpc) is 2.01. The molecule has 1 heterocycles. The number of β-amino-alcohol motifs (C(OH)–C–C–N with tert-alkyl or cyclic N) is 1. The van der Waals surface area contributed by atoms with E-state index in [1.807, 2.05) is 6.92 Å². The van der Waals surface area contributed by atoms with Crippen LogP contribution in [0, 0.1) is 0 Å². The summed E-state index contributed by atoms with van der Waals surface area (Å²) in [5.41, 5.74) is -0.599. The highest BCUT2D eigenvalue weighted by Gasteiger charge is 2.42. The van der Waals surface area contributed by atoms with Crippen LogP contribution in [0.2, 0.25) is 0 Å². The van der Waals surface area contributed by atoms with Crippen LogP contribution < -0.4 is 5.32 Å². The first-order chi connectivity index (χ1) is 6.11. The fourth-order valence-corrected chi connectivity index (χ4v) is 1.73. The summed E-state index contributed by atoms with van der Waals surface area (Å²) >= 11 is 0. The fraction of sp³-hybridized carbons (Fsp3) is 0.889. The number of likely N-dealkylation sites (N-methyl/N-ethyl adjacent to an activating group) is 1. The van der Waals surface area contributed by atoms with Crippen molar-refractivity contribution in [2.75, 3.05) is 26.7 Å². The molecule has 4 heteroatoms. The fourth-order valence-electron chi connectivity index (χ4n) is 1.73. The number of amides is 1. The SMILES string of the molecule is CCCC1(O)CN(C(=O)CNC)C1. The standard InChI is InChI=1S/C9H18N2O2/c1-3-4-9(13)6-11(7-9)8(12)5-10-2/h10,13H,3-7H2,1-2H3. The minimum atomic E-state index is -0.599. The van der Waals surface area contributed by atoms with Crippen LogP contribution >= 0.6 is 0 Å². The van der Waals surface area contributed by atoms with Gasteiger partial charge in [0.2, 0.25) is 5.91 Å². The summed E-state index contributed by atoms with van der Waals surface area (Å²) in [7, 11) is 1.75. The van der Waals surface area contributed by atoms with Crippen molar-refractivity contribution >= 4 is 5.91 Å². The molecule has 1 aliphatic rings. The molecule has 0 radical (unpaired) electrons. The molecule has 0 aliphatic carbocycles. The Kier molecular flexibility index (Phi) is 3.27. The summed E-state index contributed by atoms with van der Waals surface area (Å²) in [6.45, 7) is 3.40. The average molecular weight is 186 g/mol. The highest BCUT2D eigenvalue weighted by molar-refractivity contribution is 5.79. The maximum atomic E-state index is 11.3. The lowest BCUT2D eigenvalue weighted by molar-refractivity contribution is -0.155. The van der Waals surface area contributed by atoms with Crippen LogP contribution in [0.1, 0.15) is 19.8 Å². The van der Waals surface area contributed by atoms with Crippen molar-refractivity contribution in [3.8, 4) is 0 Å². The second-order valence-corrected chi connectivity index (χ2v) is 3.75. The van der Waals surface area contributed by atoms with Crippen molar-refractivity contribution in [2.45, 2.75) is 25.4 Å². The molecule has 0 aromatic rings. The van der Waals surface area contributed by atoms with Crippen molar-refractivity contribution in [3.05, 3.63) is 0 Å². The van der Waals surface area contributed by atoms with Gasteiger partial charge in [0.1, 0.15) is 0 Å². The Morgan fingerprint density at radius 3 is 2.69 bits per heavy atom. The molecule has 0 bridgehead atoms.